The molecule has 4 nitrogen and oxygen atoms in total. The predicted molar refractivity (Wildman–Crippen MR) is 81.8 cm³/mol. The highest BCUT2D eigenvalue weighted by molar-refractivity contribution is 7.80. The van der Waals surface area contributed by atoms with Crippen LogP contribution in [-0.2, 0) is 0 Å². The van der Waals surface area contributed by atoms with Crippen LogP contribution < -0.4 is 10.2 Å². The minimum absolute atomic E-state index is 0.242. The zero-order chi connectivity index (χ0) is 13.8. The van der Waals surface area contributed by atoms with Gasteiger partial charge in [-0.2, -0.15) is 12.6 Å². The Morgan fingerprint density at radius 3 is 2.56 bits per heavy atom. The molecule has 0 atom stereocenters. The number of anilines is 2. The molecule has 1 N–H and O–H groups in total. The van der Waals surface area contributed by atoms with Crippen LogP contribution in [-0.4, -0.2) is 35.9 Å². The first-order valence-electron chi connectivity index (χ1n) is 6.23. The topological polar surface area (TPSA) is 41.1 Å². The number of nitrogens with one attached hydrogen (secondary N) is 1. The van der Waals surface area contributed by atoms with E-state index >= 15 is 0 Å². The van der Waals surface area contributed by atoms with E-state index in [0.29, 0.717) is 0 Å². The Hall–Kier alpha value is -0.970. The van der Waals surface area contributed by atoms with Crippen molar-refractivity contribution in [3.05, 3.63) is 11.9 Å². The molecule has 0 saturated carbocycles. The molecule has 0 aromatic carbocycles. The molecular formula is C13H24N4S. The van der Waals surface area contributed by atoms with E-state index in [1.807, 2.05) is 13.0 Å². The van der Waals surface area contributed by atoms with Gasteiger partial charge in [0.25, 0.3) is 0 Å². The minimum atomic E-state index is 0.242. The second-order valence-corrected chi connectivity index (χ2v) is 6.17. The first-order chi connectivity index (χ1) is 8.31. The van der Waals surface area contributed by atoms with Gasteiger partial charge in [0.2, 0.25) is 0 Å². The third-order valence-corrected chi connectivity index (χ3v) is 2.57. The van der Waals surface area contributed by atoms with Crippen LogP contribution in [0.3, 0.4) is 0 Å². The smallest absolute Gasteiger partial charge is 0.134 e. The third-order valence-electron chi connectivity index (χ3n) is 2.34. The molecule has 0 unspecified atom stereocenters. The Morgan fingerprint density at radius 2 is 2.00 bits per heavy atom. The summed E-state index contributed by atoms with van der Waals surface area (Å²) in [6, 6.07) is 1.99. The Kier molecular flexibility index (Phi) is 5.26. The lowest BCUT2D eigenvalue weighted by Gasteiger charge is -2.27. The van der Waals surface area contributed by atoms with Gasteiger partial charge in [-0.25, -0.2) is 9.97 Å². The number of aryl methyl sites for hydroxylation is 1. The highest BCUT2D eigenvalue weighted by Crippen LogP contribution is 2.20. The zero-order valence-electron chi connectivity index (χ0n) is 12.0. The maximum absolute atomic E-state index is 4.48. The summed E-state index contributed by atoms with van der Waals surface area (Å²) < 4.78 is 0. The van der Waals surface area contributed by atoms with Gasteiger partial charge in [0.15, 0.2) is 0 Å². The van der Waals surface area contributed by atoms with E-state index in [1.54, 1.807) is 0 Å². The molecule has 1 aromatic rings. The molecule has 1 rings (SSSR count). The van der Waals surface area contributed by atoms with E-state index in [9.17, 15) is 0 Å². The van der Waals surface area contributed by atoms with Crippen molar-refractivity contribution < 1.29 is 0 Å². The molecule has 0 aliphatic heterocycles. The van der Waals surface area contributed by atoms with E-state index in [2.05, 4.69) is 60.6 Å². The van der Waals surface area contributed by atoms with Gasteiger partial charge < -0.3 is 10.2 Å². The Balaban J connectivity index is 2.84. The summed E-state index contributed by atoms with van der Waals surface area (Å²) in [6.07, 6.45) is 0. The quantitative estimate of drug-likeness (QED) is 0.806. The van der Waals surface area contributed by atoms with Crippen LogP contribution in [0.5, 0.6) is 0 Å². The summed E-state index contributed by atoms with van der Waals surface area (Å²) in [6.45, 7) is 10.3. The second-order valence-electron chi connectivity index (χ2n) is 5.73. The standard InChI is InChI=1S/C13H24N4S/c1-10-15-11(14-6-7-18)8-12(16-10)17(5)9-13(2,3)4/h8,18H,6-7,9H2,1-5H3,(H,14,15,16). The van der Waals surface area contributed by atoms with Gasteiger partial charge in [-0.05, 0) is 12.3 Å². The molecule has 0 aliphatic carbocycles. The summed E-state index contributed by atoms with van der Waals surface area (Å²) in [4.78, 5) is 11.0. The number of rotatable bonds is 5. The first-order valence-corrected chi connectivity index (χ1v) is 6.86. The van der Waals surface area contributed by atoms with Gasteiger partial charge in [0.1, 0.15) is 17.5 Å². The minimum Gasteiger partial charge on any atom is -0.369 e. The summed E-state index contributed by atoms with van der Waals surface area (Å²) >= 11 is 4.18. The van der Waals surface area contributed by atoms with E-state index in [1.165, 1.54) is 0 Å². The van der Waals surface area contributed by atoms with Gasteiger partial charge in [0.05, 0.1) is 0 Å². The average molecular weight is 268 g/mol. The van der Waals surface area contributed by atoms with Crippen molar-refractivity contribution in [2.45, 2.75) is 27.7 Å². The molecule has 0 spiro atoms. The molecule has 0 saturated heterocycles. The molecule has 1 heterocycles. The van der Waals surface area contributed by atoms with Crippen molar-refractivity contribution in [2.24, 2.45) is 5.41 Å². The van der Waals surface area contributed by atoms with Gasteiger partial charge in [0, 0.05) is 32.0 Å². The average Bonchev–Trinajstić information content (AvgIpc) is 2.23. The summed E-state index contributed by atoms with van der Waals surface area (Å²) in [5.74, 6) is 3.40. The summed E-state index contributed by atoms with van der Waals surface area (Å²) in [5.41, 5.74) is 0.242. The Bertz CT molecular complexity index is 387. The molecule has 0 bridgehead atoms. The number of hydrogen-bond donors (Lipinski definition) is 2. The molecule has 1 aromatic heterocycles. The van der Waals surface area contributed by atoms with Gasteiger partial charge in [-0.3, -0.25) is 0 Å². The highest BCUT2D eigenvalue weighted by Gasteiger charge is 2.15. The van der Waals surface area contributed by atoms with E-state index in [4.69, 9.17) is 0 Å². The first kappa shape index (κ1) is 15.1. The number of thiol groups is 1. The van der Waals surface area contributed by atoms with Crippen LogP contribution in [0.15, 0.2) is 6.07 Å². The van der Waals surface area contributed by atoms with Crippen molar-refractivity contribution >= 4 is 24.3 Å². The van der Waals surface area contributed by atoms with Crippen LogP contribution in [0.2, 0.25) is 0 Å². The molecular weight excluding hydrogens is 244 g/mol. The number of nitrogens with zero attached hydrogens (tertiary/aromatic N) is 3. The van der Waals surface area contributed by atoms with Gasteiger partial charge >= 0.3 is 0 Å². The Morgan fingerprint density at radius 1 is 1.33 bits per heavy atom. The largest absolute Gasteiger partial charge is 0.369 e. The maximum Gasteiger partial charge on any atom is 0.134 e. The summed E-state index contributed by atoms with van der Waals surface area (Å²) in [7, 11) is 2.06. The fourth-order valence-electron chi connectivity index (χ4n) is 1.81. The van der Waals surface area contributed by atoms with E-state index in [-0.39, 0.29) is 5.41 Å². The SMILES string of the molecule is Cc1nc(NCCS)cc(N(C)CC(C)(C)C)n1. The Labute approximate surface area is 116 Å². The normalized spacial score (nSPS) is 11.4. The molecule has 102 valence electrons. The van der Waals surface area contributed by atoms with Crippen molar-refractivity contribution in [3.63, 3.8) is 0 Å². The van der Waals surface area contributed by atoms with Crippen LogP contribution in [0, 0.1) is 12.3 Å². The monoisotopic (exact) mass is 268 g/mol. The van der Waals surface area contributed by atoms with Crippen molar-refractivity contribution in [2.75, 3.05) is 36.1 Å². The highest BCUT2D eigenvalue weighted by atomic mass is 32.1. The van der Waals surface area contributed by atoms with Crippen LogP contribution in [0.1, 0.15) is 26.6 Å². The molecule has 0 aliphatic rings. The van der Waals surface area contributed by atoms with Gasteiger partial charge in [-0.15, -0.1) is 0 Å². The lowest BCUT2D eigenvalue weighted by molar-refractivity contribution is 0.417. The lowest BCUT2D eigenvalue weighted by Crippen LogP contribution is -2.30. The zero-order valence-corrected chi connectivity index (χ0v) is 12.9. The predicted octanol–water partition coefficient (Wildman–Crippen LogP) is 2.61. The number of aromatic nitrogens is 2. The van der Waals surface area contributed by atoms with Crippen molar-refractivity contribution in [1.29, 1.82) is 0 Å². The second kappa shape index (κ2) is 6.27. The van der Waals surface area contributed by atoms with Crippen molar-refractivity contribution in [3.8, 4) is 0 Å². The fourth-order valence-corrected chi connectivity index (χ4v) is 1.93. The molecule has 0 radical (unpaired) electrons. The van der Waals surface area contributed by atoms with Gasteiger partial charge in [-0.1, -0.05) is 20.8 Å². The summed E-state index contributed by atoms with van der Waals surface area (Å²) in [5, 5.41) is 3.24. The van der Waals surface area contributed by atoms with Crippen LogP contribution in [0.25, 0.3) is 0 Å². The van der Waals surface area contributed by atoms with E-state index < -0.39 is 0 Å². The van der Waals surface area contributed by atoms with Crippen LogP contribution in [0.4, 0.5) is 11.6 Å². The van der Waals surface area contributed by atoms with E-state index in [0.717, 1.165) is 36.3 Å². The lowest BCUT2D eigenvalue weighted by atomic mass is 9.96. The number of hydrogen-bond acceptors (Lipinski definition) is 5. The molecule has 5 heteroatoms. The maximum atomic E-state index is 4.48. The molecule has 0 amide bonds. The fraction of sp³-hybridized carbons (Fsp3) is 0.692. The third kappa shape index (κ3) is 5.12. The molecule has 0 fully saturated rings. The van der Waals surface area contributed by atoms with Crippen LogP contribution >= 0.6 is 12.6 Å². The molecule has 18 heavy (non-hydrogen) atoms. The van der Waals surface area contributed by atoms with Crippen molar-refractivity contribution in [1.82, 2.24) is 9.97 Å².